The second-order valence-electron chi connectivity index (χ2n) is 5.23. The Morgan fingerprint density at radius 2 is 2.12 bits per heavy atom. The van der Waals surface area contributed by atoms with E-state index in [1.807, 2.05) is 7.05 Å². The zero-order valence-corrected chi connectivity index (χ0v) is 11.5. The molecule has 1 saturated heterocycles. The Labute approximate surface area is 103 Å². The quantitative estimate of drug-likeness (QED) is 0.807. The number of rotatable bonds is 5. The topological polar surface area (TPSA) is 40.5 Å². The molecule has 94 valence electrons. The number of likely N-dealkylation sites (N-methyl/N-ethyl adjacent to an activating group) is 1. The smallest absolute Gasteiger partial charge is 0.325 e. The Morgan fingerprint density at radius 1 is 1.50 bits per heavy atom. The van der Waals surface area contributed by atoms with E-state index in [9.17, 15) is 9.90 Å². The van der Waals surface area contributed by atoms with Crippen molar-refractivity contribution < 1.29 is 9.90 Å². The first-order chi connectivity index (χ1) is 7.40. The maximum absolute atomic E-state index is 11.5. The van der Waals surface area contributed by atoms with Crippen LogP contribution in [0.5, 0.6) is 0 Å². The molecule has 1 fully saturated rings. The average molecular weight is 245 g/mol. The van der Waals surface area contributed by atoms with Gasteiger partial charge in [0.05, 0.1) is 0 Å². The summed E-state index contributed by atoms with van der Waals surface area (Å²) in [5, 5.41) is 9.46. The van der Waals surface area contributed by atoms with Crippen molar-refractivity contribution in [3.8, 4) is 0 Å². The lowest BCUT2D eigenvalue weighted by Crippen LogP contribution is -2.56. The predicted octanol–water partition coefficient (Wildman–Crippen LogP) is 2.31. The van der Waals surface area contributed by atoms with E-state index >= 15 is 0 Å². The van der Waals surface area contributed by atoms with Gasteiger partial charge in [-0.25, -0.2) is 0 Å². The number of hydrogen-bond donors (Lipinski definition) is 1. The largest absolute Gasteiger partial charge is 0.480 e. The van der Waals surface area contributed by atoms with Gasteiger partial charge in [-0.05, 0) is 38.5 Å². The molecule has 0 amide bonds. The summed E-state index contributed by atoms with van der Waals surface area (Å²) in [4.78, 5) is 13.6. The van der Waals surface area contributed by atoms with Crippen LogP contribution in [0.25, 0.3) is 0 Å². The van der Waals surface area contributed by atoms with Crippen molar-refractivity contribution in [2.75, 3.05) is 18.6 Å². The Hall–Kier alpha value is -0.220. The van der Waals surface area contributed by atoms with Gasteiger partial charge >= 0.3 is 5.97 Å². The third kappa shape index (κ3) is 2.72. The van der Waals surface area contributed by atoms with Crippen LogP contribution in [0, 0.1) is 5.92 Å². The lowest BCUT2D eigenvalue weighted by atomic mass is 9.93. The molecule has 2 atom stereocenters. The molecule has 0 aromatic heterocycles. The Bertz CT molecular complexity index is 249. The van der Waals surface area contributed by atoms with E-state index in [1.165, 1.54) is 0 Å². The first kappa shape index (κ1) is 13.8. The van der Waals surface area contributed by atoms with Crippen LogP contribution in [0.4, 0.5) is 0 Å². The van der Waals surface area contributed by atoms with Gasteiger partial charge in [0.1, 0.15) is 5.54 Å². The molecule has 16 heavy (non-hydrogen) atoms. The summed E-state index contributed by atoms with van der Waals surface area (Å²) in [6.45, 7) is 6.50. The molecule has 1 aliphatic heterocycles. The van der Waals surface area contributed by atoms with Gasteiger partial charge < -0.3 is 5.11 Å². The van der Waals surface area contributed by atoms with Gasteiger partial charge in [0.15, 0.2) is 0 Å². The maximum atomic E-state index is 11.5. The lowest BCUT2D eigenvalue weighted by Gasteiger charge is -2.39. The zero-order valence-electron chi connectivity index (χ0n) is 10.7. The highest BCUT2D eigenvalue weighted by atomic mass is 32.2. The van der Waals surface area contributed by atoms with Crippen molar-refractivity contribution >= 4 is 17.7 Å². The van der Waals surface area contributed by atoms with Crippen molar-refractivity contribution in [1.82, 2.24) is 4.90 Å². The minimum absolute atomic E-state index is 0.329. The fraction of sp³-hybridized carbons (Fsp3) is 0.917. The molecule has 1 rings (SSSR count). The van der Waals surface area contributed by atoms with Gasteiger partial charge in [0.2, 0.25) is 0 Å². The van der Waals surface area contributed by atoms with Gasteiger partial charge in [-0.1, -0.05) is 13.8 Å². The second kappa shape index (κ2) is 5.41. The van der Waals surface area contributed by atoms with Gasteiger partial charge in [-0.2, -0.15) is 11.8 Å². The van der Waals surface area contributed by atoms with Crippen LogP contribution in [0.2, 0.25) is 0 Å². The van der Waals surface area contributed by atoms with Crippen molar-refractivity contribution in [1.29, 1.82) is 0 Å². The van der Waals surface area contributed by atoms with E-state index in [0.29, 0.717) is 12.0 Å². The third-order valence-electron chi connectivity index (χ3n) is 3.55. The zero-order chi connectivity index (χ0) is 12.3. The van der Waals surface area contributed by atoms with Gasteiger partial charge in [0.25, 0.3) is 0 Å². The van der Waals surface area contributed by atoms with Crippen LogP contribution in [0.3, 0.4) is 0 Å². The third-order valence-corrected chi connectivity index (χ3v) is 4.72. The van der Waals surface area contributed by atoms with Crippen LogP contribution in [0.15, 0.2) is 0 Å². The molecule has 0 spiro atoms. The Kier molecular flexibility index (Phi) is 4.68. The summed E-state index contributed by atoms with van der Waals surface area (Å²) in [5.74, 6) is 1.64. The van der Waals surface area contributed by atoms with Gasteiger partial charge in [-0.15, -0.1) is 0 Å². The van der Waals surface area contributed by atoms with Crippen molar-refractivity contribution in [3.63, 3.8) is 0 Å². The minimum atomic E-state index is -0.657. The SMILES string of the molecule is CC(C)CC(C)N(C)C1(C(=O)O)CCSC1. The van der Waals surface area contributed by atoms with Crippen LogP contribution in [0.1, 0.15) is 33.6 Å². The lowest BCUT2D eigenvalue weighted by molar-refractivity contribution is -0.150. The van der Waals surface area contributed by atoms with E-state index in [2.05, 4.69) is 25.7 Å². The second-order valence-corrected chi connectivity index (χ2v) is 6.33. The fourth-order valence-corrected chi connectivity index (χ4v) is 3.85. The van der Waals surface area contributed by atoms with Crippen molar-refractivity contribution in [3.05, 3.63) is 0 Å². The molecule has 0 aromatic carbocycles. The molecule has 0 radical (unpaired) electrons. The molecule has 0 aliphatic carbocycles. The van der Waals surface area contributed by atoms with Crippen LogP contribution < -0.4 is 0 Å². The molecule has 0 bridgehead atoms. The normalized spacial score (nSPS) is 27.6. The number of hydrogen-bond acceptors (Lipinski definition) is 3. The number of nitrogens with zero attached hydrogens (tertiary/aromatic N) is 1. The maximum Gasteiger partial charge on any atom is 0.325 e. The van der Waals surface area contributed by atoms with Crippen LogP contribution in [-0.2, 0) is 4.79 Å². The van der Waals surface area contributed by atoms with Crippen LogP contribution >= 0.6 is 11.8 Å². The summed E-state index contributed by atoms with van der Waals surface area (Å²) in [6.07, 6.45) is 1.82. The first-order valence-electron chi connectivity index (χ1n) is 5.94. The standard InChI is InChI=1S/C12H23NO2S/c1-9(2)7-10(3)13(4)12(11(14)15)5-6-16-8-12/h9-10H,5-8H2,1-4H3,(H,14,15). The van der Waals surface area contributed by atoms with E-state index in [-0.39, 0.29) is 0 Å². The molecule has 0 saturated carbocycles. The van der Waals surface area contributed by atoms with Crippen molar-refractivity contribution in [2.45, 2.75) is 45.2 Å². The van der Waals surface area contributed by atoms with Gasteiger partial charge in [0, 0.05) is 11.8 Å². The summed E-state index contributed by atoms with van der Waals surface area (Å²) in [5.41, 5.74) is -0.626. The molecule has 2 unspecified atom stereocenters. The molecule has 0 aromatic rings. The fourth-order valence-electron chi connectivity index (χ4n) is 2.41. The molecular weight excluding hydrogens is 222 g/mol. The monoisotopic (exact) mass is 245 g/mol. The molecule has 3 nitrogen and oxygen atoms in total. The summed E-state index contributed by atoms with van der Waals surface area (Å²) >= 11 is 1.75. The molecule has 1 N–H and O–H groups in total. The number of thioether (sulfide) groups is 1. The summed E-state index contributed by atoms with van der Waals surface area (Å²) < 4.78 is 0. The first-order valence-corrected chi connectivity index (χ1v) is 7.09. The molecule has 1 aliphatic rings. The summed E-state index contributed by atoms with van der Waals surface area (Å²) in [7, 11) is 1.97. The predicted molar refractivity (Wildman–Crippen MR) is 69.0 cm³/mol. The summed E-state index contributed by atoms with van der Waals surface area (Å²) in [6, 6.07) is 0.329. The number of carbonyl (C=O) groups is 1. The highest BCUT2D eigenvalue weighted by molar-refractivity contribution is 7.99. The minimum Gasteiger partial charge on any atom is -0.480 e. The number of carboxylic acids is 1. The number of carboxylic acid groups (broad SMARTS) is 1. The van der Waals surface area contributed by atoms with Crippen molar-refractivity contribution in [2.24, 2.45) is 5.92 Å². The van der Waals surface area contributed by atoms with E-state index < -0.39 is 11.5 Å². The molecule has 4 heteroatoms. The Morgan fingerprint density at radius 3 is 2.50 bits per heavy atom. The highest BCUT2D eigenvalue weighted by Crippen LogP contribution is 2.35. The average Bonchev–Trinajstić information content (AvgIpc) is 2.65. The van der Waals surface area contributed by atoms with Crippen LogP contribution in [-0.4, -0.2) is 46.1 Å². The van der Waals surface area contributed by atoms with E-state index in [4.69, 9.17) is 0 Å². The Balaban J connectivity index is 2.75. The number of aliphatic carboxylic acids is 1. The molecule has 1 heterocycles. The molecular formula is C12H23NO2S. The highest BCUT2D eigenvalue weighted by Gasteiger charge is 2.46. The van der Waals surface area contributed by atoms with E-state index in [1.54, 1.807) is 11.8 Å². The van der Waals surface area contributed by atoms with Gasteiger partial charge in [-0.3, -0.25) is 9.69 Å². The van der Waals surface area contributed by atoms with E-state index in [0.717, 1.165) is 24.3 Å².